The lowest BCUT2D eigenvalue weighted by Gasteiger charge is -2.13. The molecule has 1 aromatic rings. The highest BCUT2D eigenvalue weighted by molar-refractivity contribution is 6.00. The summed E-state index contributed by atoms with van der Waals surface area (Å²) in [5.41, 5.74) is 2.02. The Balaban J connectivity index is 2.17. The molecule has 0 amide bonds. The van der Waals surface area contributed by atoms with Crippen LogP contribution < -0.4 is 5.23 Å². The van der Waals surface area contributed by atoms with E-state index in [9.17, 15) is 10.0 Å². The minimum atomic E-state index is -0.932. The fourth-order valence-corrected chi connectivity index (χ4v) is 1.98. The molecule has 2 rings (SSSR count). The van der Waals surface area contributed by atoms with Gasteiger partial charge in [0.2, 0.25) is 0 Å². The summed E-state index contributed by atoms with van der Waals surface area (Å²) < 4.78 is 0. The van der Waals surface area contributed by atoms with Crippen molar-refractivity contribution in [3.05, 3.63) is 40.6 Å². The third-order valence-corrected chi connectivity index (χ3v) is 2.96. The normalized spacial score (nSPS) is 20.6. The Morgan fingerprint density at radius 1 is 1.18 bits per heavy atom. The molecule has 0 radical (unpaired) electrons. The molecule has 4 heteroatoms. The zero-order valence-corrected chi connectivity index (χ0v) is 9.48. The molecule has 0 spiro atoms. The molecular formula is C13H15NO3. The summed E-state index contributed by atoms with van der Waals surface area (Å²) in [5, 5.41) is 18.5. The van der Waals surface area contributed by atoms with Crippen LogP contribution in [0.15, 0.2) is 29.8 Å². The number of nitrogens with one attached hydrogen (secondary N) is 1. The molecule has 2 N–H and O–H groups in total. The van der Waals surface area contributed by atoms with E-state index in [1.54, 1.807) is 24.3 Å². The zero-order chi connectivity index (χ0) is 12.3. The van der Waals surface area contributed by atoms with Crippen LogP contribution in [0.3, 0.4) is 0 Å². The van der Waals surface area contributed by atoms with Gasteiger partial charge in [-0.15, -0.1) is 0 Å². The van der Waals surface area contributed by atoms with Crippen LogP contribution in [0.5, 0.6) is 0 Å². The summed E-state index contributed by atoms with van der Waals surface area (Å²) in [6.07, 6.45) is 5.38. The number of hydrogen-bond donors (Lipinski definition) is 2. The second kappa shape index (κ2) is 5.23. The van der Waals surface area contributed by atoms with E-state index in [1.807, 2.05) is 6.08 Å². The summed E-state index contributed by atoms with van der Waals surface area (Å²) in [6.45, 7) is 0. The van der Waals surface area contributed by atoms with Crippen molar-refractivity contribution in [1.82, 2.24) is 0 Å². The van der Waals surface area contributed by atoms with Gasteiger partial charge in [-0.2, -0.15) is 5.23 Å². The van der Waals surface area contributed by atoms with Gasteiger partial charge in [-0.3, -0.25) is 4.79 Å². The summed E-state index contributed by atoms with van der Waals surface area (Å²) in [6, 6.07) is 6.58. The largest absolute Gasteiger partial charge is 0.595 e. The molecule has 1 unspecified atom stereocenters. The second-order valence-electron chi connectivity index (χ2n) is 4.23. The number of carbonyl (C=O) groups is 1. The van der Waals surface area contributed by atoms with Crippen molar-refractivity contribution in [2.45, 2.75) is 25.7 Å². The van der Waals surface area contributed by atoms with Crippen molar-refractivity contribution in [3.63, 3.8) is 0 Å². The number of quaternary nitrogens is 1. The Morgan fingerprint density at radius 2 is 1.82 bits per heavy atom. The van der Waals surface area contributed by atoms with Crippen LogP contribution in [0.25, 0.3) is 6.08 Å². The third-order valence-electron chi connectivity index (χ3n) is 2.96. The Kier molecular flexibility index (Phi) is 3.68. The van der Waals surface area contributed by atoms with Gasteiger partial charge in [0.05, 0.1) is 0 Å². The molecule has 0 aromatic heterocycles. The number of rotatable bonds is 2. The molecule has 1 atom stereocenters. The highest BCUT2D eigenvalue weighted by Crippen LogP contribution is 2.22. The quantitative estimate of drug-likeness (QED) is 0.602. The van der Waals surface area contributed by atoms with E-state index < -0.39 is 5.23 Å². The van der Waals surface area contributed by atoms with Crippen LogP contribution in [-0.2, 0) is 4.79 Å². The van der Waals surface area contributed by atoms with Crippen LogP contribution in [0.4, 0.5) is 5.69 Å². The molecule has 17 heavy (non-hydrogen) atoms. The monoisotopic (exact) mass is 233 g/mol. The number of benzene rings is 1. The van der Waals surface area contributed by atoms with E-state index in [2.05, 4.69) is 0 Å². The van der Waals surface area contributed by atoms with Gasteiger partial charge in [-0.25, -0.2) is 5.21 Å². The second-order valence-corrected chi connectivity index (χ2v) is 4.23. The average Bonchev–Trinajstić information content (AvgIpc) is 2.33. The first-order valence-electron chi connectivity index (χ1n) is 5.74. The molecule has 4 nitrogen and oxygen atoms in total. The fourth-order valence-electron chi connectivity index (χ4n) is 1.98. The molecule has 0 aliphatic heterocycles. The number of allylic oxidation sites excluding steroid dienone is 1. The predicted molar refractivity (Wildman–Crippen MR) is 63.7 cm³/mol. The summed E-state index contributed by atoms with van der Waals surface area (Å²) >= 11 is 0. The third kappa shape index (κ3) is 3.00. The smallest absolute Gasteiger partial charge is 0.163 e. The van der Waals surface area contributed by atoms with Crippen molar-refractivity contribution < 1.29 is 15.2 Å². The van der Waals surface area contributed by atoms with Crippen molar-refractivity contribution in [2.75, 3.05) is 0 Å². The summed E-state index contributed by atoms with van der Waals surface area (Å²) in [5.74, 6) is 0.221. The fraction of sp³-hybridized carbons (Fsp3) is 0.308. The number of Topliss-reactive ketones (excluding diaryl/α,β-unsaturated/α-hetero) is 1. The van der Waals surface area contributed by atoms with E-state index in [4.69, 9.17) is 5.21 Å². The van der Waals surface area contributed by atoms with Gasteiger partial charge in [0.15, 0.2) is 11.5 Å². The zero-order valence-electron chi connectivity index (χ0n) is 9.48. The van der Waals surface area contributed by atoms with E-state index >= 15 is 0 Å². The Bertz CT molecular complexity index is 434. The highest BCUT2D eigenvalue weighted by Gasteiger charge is 2.14. The van der Waals surface area contributed by atoms with Gasteiger partial charge in [0.1, 0.15) is 0 Å². The highest BCUT2D eigenvalue weighted by atomic mass is 16.8. The molecule has 1 fully saturated rings. The molecule has 1 aromatic carbocycles. The maximum Gasteiger partial charge on any atom is 0.163 e. The predicted octanol–water partition coefficient (Wildman–Crippen LogP) is 1.62. The minimum Gasteiger partial charge on any atom is -0.595 e. The van der Waals surface area contributed by atoms with E-state index in [0.29, 0.717) is 6.42 Å². The van der Waals surface area contributed by atoms with Crippen molar-refractivity contribution in [1.29, 1.82) is 0 Å². The summed E-state index contributed by atoms with van der Waals surface area (Å²) in [4.78, 5) is 11.6. The van der Waals surface area contributed by atoms with Gasteiger partial charge in [0, 0.05) is 18.6 Å². The molecule has 1 aliphatic carbocycles. The minimum absolute atomic E-state index is 0.221. The number of ketones is 1. The van der Waals surface area contributed by atoms with E-state index in [-0.39, 0.29) is 11.5 Å². The maximum atomic E-state index is 11.6. The lowest BCUT2D eigenvalue weighted by atomic mass is 9.92. The average molecular weight is 233 g/mol. The van der Waals surface area contributed by atoms with E-state index in [1.165, 1.54) is 0 Å². The first-order valence-corrected chi connectivity index (χ1v) is 5.74. The molecule has 0 heterocycles. The Labute approximate surface area is 99.7 Å². The van der Waals surface area contributed by atoms with Crippen LogP contribution >= 0.6 is 0 Å². The van der Waals surface area contributed by atoms with Gasteiger partial charge < -0.3 is 5.21 Å². The lowest BCUT2D eigenvalue weighted by molar-refractivity contribution is -0.991. The first kappa shape index (κ1) is 12.0. The van der Waals surface area contributed by atoms with Crippen molar-refractivity contribution in [2.24, 2.45) is 0 Å². The molecule has 0 saturated heterocycles. The standard InChI is InChI=1S/C13H15NO3/c15-13-4-2-1-3-11(13)9-10-5-7-12(8-6-10)14(16)17/h5-9,14,16H,1-4H2/b11-9-. The number of hydrogen-bond acceptors (Lipinski definition) is 3. The van der Waals surface area contributed by atoms with Crippen LogP contribution in [-0.4, -0.2) is 11.0 Å². The Hall–Kier alpha value is -1.49. The van der Waals surface area contributed by atoms with Crippen molar-refractivity contribution >= 4 is 17.5 Å². The van der Waals surface area contributed by atoms with Crippen molar-refractivity contribution in [3.8, 4) is 0 Å². The topological polar surface area (TPSA) is 64.8 Å². The van der Waals surface area contributed by atoms with Gasteiger partial charge in [-0.1, -0.05) is 0 Å². The van der Waals surface area contributed by atoms with Gasteiger partial charge in [0.25, 0.3) is 0 Å². The first-order chi connectivity index (χ1) is 8.16. The van der Waals surface area contributed by atoms with Crippen LogP contribution in [0, 0.1) is 5.21 Å². The summed E-state index contributed by atoms with van der Waals surface area (Å²) in [7, 11) is 0. The van der Waals surface area contributed by atoms with E-state index in [0.717, 1.165) is 30.4 Å². The SMILES string of the molecule is O=C1CCCC/C1=C/c1ccc([NH+]([O-])O)cc1. The number of carbonyl (C=O) groups excluding carboxylic acids is 1. The molecule has 90 valence electrons. The molecular weight excluding hydrogens is 218 g/mol. The molecule has 1 aliphatic rings. The molecule has 1 saturated carbocycles. The van der Waals surface area contributed by atoms with Gasteiger partial charge in [-0.05, 0) is 48.6 Å². The molecule has 0 bridgehead atoms. The Morgan fingerprint density at radius 3 is 2.41 bits per heavy atom. The maximum absolute atomic E-state index is 11.6. The van der Waals surface area contributed by atoms with Gasteiger partial charge >= 0.3 is 0 Å². The van der Waals surface area contributed by atoms with Crippen LogP contribution in [0.1, 0.15) is 31.2 Å². The van der Waals surface area contributed by atoms with Crippen LogP contribution in [0.2, 0.25) is 0 Å². The lowest BCUT2D eigenvalue weighted by Crippen LogP contribution is -2.99.